The van der Waals surface area contributed by atoms with Crippen LogP contribution >= 0.6 is 0 Å². The molecule has 2 aromatic rings. The number of phenols is 1. The number of nitriles is 1. The smallest absolute Gasteiger partial charge is 0.278 e. The number of aromatic hydroxyl groups is 1. The van der Waals surface area contributed by atoms with E-state index in [1.165, 1.54) is 19.4 Å². The van der Waals surface area contributed by atoms with Crippen LogP contribution in [-0.2, 0) is 16.1 Å². The molecule has 1 aromatic heterocycles. The van der Waals surface area contributed by atoms with Crippen molar-refractivity contribution in [2.24, 2.45) is 5.10 Å². The zero-order valence-electron chi connectivity index (χ0n) is 14.4. The van der Waals surface area contributed by atoms with Gasteiger partial charge in [0.05, 0.1) is 12.8 Å². The molecule has 0 aliphatic heterocycles. The SMILES string of the molecule is COCc1cc(C)nc(OCC(=O)N/N=C\c2ccccc2O)c1C#N. The Labute approximate surface area is 150 Å². The Bertz CT molecular complexity index is 859. The first kappa shape index (κ1) is 18.9. The number of aryl methyl sites for hydroxylation is 1. The first-order valence-corrected chi connectivity index (χ1v) is 7.67. The molecular formula is C18H18N4O4. The number of pyridine rings is 1. The monoisotopic (exact) mass is 354 g/mol. The van der Waals surface area contributed by atoms with Crippen molar-refractivity contribution in [3.05, 3.63) is 52.7 Å². The number of aromatic nitrogens is 1. The molecule has 0 saturated carbocycles. The van der Waals surface area contributed by atoms with Gasteiger partial charge in [0.2, 0.25) is 5.88 Å². The van der Waals surface area contributed by atoms with E-state index in [0.29, 0.717) is 16.8 Å². The maximum atomic E-state index is 11.8. The fourth-order valence-electron chi connectivity index (χ4n) is 2.14. The Kier molecular flexibility index (Phi) is 6.65. The standard InChI is InChI=1S/C18H18N4O4/c1-12-7-14(10-25-2)15(8-19)18(21-12)26-11-17(24)22-20-9-13-5-3-4-6-16(13)23/h3-7,9,23H,10-11H2,1-2H3,(H,22,24)/b20-9-. The fourth-order valence-corrected chi connectivity index (χ4v) is 2.14. The number of rotatable bonds is 7. The lowest BCUT2D eigenvalue weighted by atomic mass is 10.1. The molecule has 8 heteroatoms. The molecule has 0 aliphatic carbocycles. The van der Waals surface area contributed by atoms with E-state index in [1.807, 2.05) is 6.07 Å². The number of phenolic OH excluding ortho intramolecular Hbond substituents is 1. The molecule has 1 heterocycles. The van der Waals surface area contributed by atoms with Crippen LogP contribution in [0.5, 0.6) is 11.6 Å². The van der Waals surface area contributed by atoms with E-state index >= 15 is 0 Å². The summed E-state index contributed by atoms with van der Waals surface area (Å²) >= 11 is 0. The number of hydrogen-bond acceptors (Lipinski definition) is 7. The van der Waals surface area contributed by atoms with E-state index in [9.17, 15) is 15.2 Å². The summed E-state index contributed by atoms with van der Waals surface area (Å²) in [6.45, 7) is 1.62. The highest BCUT2D eigenvalue weighted by atomic mass is 16.5. The molecule has 0 bridgehead atoms. The van der Waals surface area contributed by atoms with Gasteiger partial charge >= 0.3 is 0 Å². The van der Waals surface area contributed by atoms with Crippen molar-refractivity contribution in [3.63, 3.8) is 0 Å². The number of hydrogen-bond donors (Lipinski definition) is 2. The minimum absolute atomic E-state index is 0.0510. The summed E-state index contributed by atoms with van der Waals surface area (Å²) in [5.74, 6) is -0.411. The third-order valence-corrected chi connectivity index (χ3v) is 3.28. The topological polar surface area (TPSA) is 117 Å². The summed E-state index contributed by atoms with van der Waals surface area (Å²) in [4.78, 5) is 16.0. The van der Waals surface area contributed by atoms with Crippen molar-refractivity contribution in [2.75, 3.05) is 13.7 Å². The number of benzene rings is 1. The van der Waals surface area contributed by atoms with E-state index in [0.717, 1.165) is 0 Å². The van der Waals surface area contributed by atoms with E-state index in [-0.39, 0.29) is 30.4 Å². The summed E-state index contributed by atoms with van der Waals surface area (Å²) in [6.07, 6.45) is 1.32. The highest BCUT2D eigenvalue weighted by molar-refractivity contribution is 5.85. The molecule has 2 N–H and O–H groups in total. The predicted molar refractivity (Wildman–Crippen MR) is 93.7 cm³/mol. The molecule has 0 unspecified atom stereocenters. The Morgan fingerprint density at radius 2 is 2.23 bits per heavy atom. The molecule has 0 fully saturated rings. The van der Waals surface area contributed by atoms with Crippen LogP contribution in [-0.4, -0.2) is 35.9 Å². The van der Waals surface area contributed by atoms with Gasteiger partial charge in [0.25, 0.3) is 5.91 Å². The van der Waals surface area contributed by atoms with Crippen LogP contribution in [0, 0.1) is 18.3 Å². The third-order valence-electron chi connectivity index (χ3n) is 3.28. The van der Waals surface area contributed by atoms with E-state index < -0.39 is 5.91 Å². The third kappa shape index (κ3) is 5.03. The fraction of sp³-hybridized carbons (Fsp3) is 0.222. The van der Waals surface area contributed by atoms with Crippen molar-refractivity contribution in [3.8, 4) is 17.7 Å². The molecule has 26 heavy (non-hydrogen) atoms. The van der Waals surface area contributed by atoms with Crippen LogP contribution in [0.15, 0.2) is 35.4 Å². The van der Waals surface area contributed by atoms with Crippen LogP contribution in [0.4, 0.5) is 0 Å². The lowest BCUT2D eigenvalue weighted by Gasteiger charge is -2.10. The molecule has 0 spiro atoms. The predicted octanol–water partition coefficient (Wildman–Crippen LogP) is 1.64. The summed E-state index contributed by atoms with van der Waals surface area (Å²) < 4.78 is 10.4. The average Bonchev–Trinajstić information content (AvgIpc) is 2.61. The summed E-state index contributed by atoms with van der Waals surface area (Å²) in [5.41, 5.74) is 4.24. The van der Waals surface area contributed by atoms with Gasteiger partial charge in [0.1, 0.15) is 17.4 Å². The van der Waals surface area contributed by atoms with Gasteiger partial charge in [-0.05, 0) is 25.1 Å². The van der Waals surface area contributed by atoms with Crippen molar-refractivity contribution in [1.29, 1.82) is 5.26 Å². The second-order valence-corrected chi connectivity index (χ2v) is 5.29. The molecule has 0 atom stereocenters. The molecular weight excluding hydrogens is 336 g/mol. The van der Waals surface area contributed by atoms with Gasteiger partial charge in [-0.3, -0.25) is 4.79 Å². The Hall–Kier alpha value is -3.44. The summed E-state index contributed by atoms with van der Waals surface area (Å²) in [7, 11) is 1.52. The largest absolute Gasteiger partial charge is 0.507 e. The van der Waals surface area contributed by atoms with Gasteiger partial charge in [-0.1, -0.05) is 12.1 Å². The number of methoxy groups -OCH3 is 1. The molecule has 0 aliphatic rings. The molecule has 0 radical (unpaired) electrons. The van der Waals surface area contributed by atoms with Crippen molar-refractivity contribution >= 4 is 12.1 Å². The van der Waals surface area contributed by atoms with Crippen LogP contribution in [0.1, 0.15) is 22.4 Å². The van der Waals surface area contributed by atoms with E-state index in [2.05, 4.69) is 15.5 Å². The molecule has 134 valence electrons. The Morgan fingerprint density at radius 1 is 1.46 bits per heavy atom. The maximum absolute atomic E-state index is 11.8. The van der Waals surface area contributed by atoms with Gasteiger partial charge in [0.15, 0.2) is 6.61 Å². The van der Waals surface area contributed by atoms with Crippen molar-refractivity contribution in [1.82, 2.24) is 10.4 Å². The number of hydrazone groups is 1. The quantitative estimate of drug-likeness (QED) is 0.577. The first-order valence-electron chi connectivity index (χ1n) is 7.67. The number of nitrogens with one attached hydrogen (secondary N) is 1. The Morgan fingerprint density at radius 3 is 2.92 bits per heavy atom. The number of para-hydroxylation sites is 1. The van der Waals surface area contributed by atoms with Gasteiger partial charge in [-0.2, -0.15) is 10.4 Å². The van der Waals surface area contributed by atoms with Crippen LogP contribution in [0.2, 0.25) is 0 Å². The van der Waals surface area contributed by atoms with Gasteiger partial charge < -0.3 is 14.6 Å². The van der Waals surface area contributed by atoms with Crippen LogP contribution < -0.4 is 10.2 Å². The number of carbonyl (C=O) groups is 1. The molecule has 1 amide bonds. The highest BCUT2D eigenvalue weighted by Crippen LogP contribution is 2.21. The Balaban J connectivity index is 1.99. The molecule has 0 saturated heterocycles. The zero-order chi connectivity index (χ0) is 18.9. The summed E-state index contributed by atoms with van der Waals surface area (Å²) in [5, 5.41) is 22.7. The molecule has 1 aromatic carbocycles. The maximum Gasteiger partial charge on any atom is 0.278 e. The number of nitrogens with zero attached hydrogens (tertiary/aromatic N) is 3. The lowest BCUT2D eigenvalue weighted by Crippen LogP contribution is -2.25. The van der Waals surface area contributed by atoms with Crippen molar-refractivity contribution in [2.45, 2.75) is 13.5 Å². The van der Waals surface area contributed by atoms with Gasteiger partial charge in [-0.25, -0.2) is 10.4 Å². The van der Waals surface area contributed by atoms with E-state index in [4.69, 9.17) is 9.47 Å². The number of ether oxygens (including phenoxy) is 2. The number of amides is 1. The minimum atomic E-state index is -0.530. The first-order chi connectivity index (χ1) is 12.5. The van der Waals surface area contributed by atoms with Crippen molar-refractivity contribution < 1.29 is 19.4 Å². The minimum Gasteiger partial charge on any atom is -0.507 e. The second kappa shape index (κ2) is 9.15. The lowest BCUT2D eigenvalue weighted by molar-refractivity contribution is -0.123. The highest BCUT2D eigenvalue weighted by Gasteiger charge is 2.14. The van der Waals surface area contributed by atoms with E-state index in [1.54, 1.807) is 31.2 Å². The second-order valence-electron chi connectivity index (χ2n) is 5.29. The van der Waals surface area contributed by atoms with Gasteiger partial charge in [0, 0.05) is 23.9 Å². The van der Waals surface area contributed by atoms with Crippen LogP contribution in [0.25, 0.3) is 0 Å². The van der Waals surface area contributed by atoms with Gasteiger partial charge in [-0.15, -0.1) is 0 Å². The average molecular weight is 354 g/mol. The molecule has 2 rings (SSSR count). The molecule has 8 nitrogen and oxygen atoms in total. The normalized spacial score (nSPS) is 10.5. The van der Waals surface area contributed by atoms with Crippen LogP contribution in [0.3, 0.4) is 0 Å². The zero-order valence-corrected chi connectivity index (χ0v) is 14.4. The summed E-state index contributed by atoms with van der Waals surface area (Å²) in [6, 6.07) is 10.3. The number of carbonyl (C=O) groups excluding carboxylic acids is 1.